The van der Waals surface area contributed by atoms with E-state index in [0.717, 1.165) is 10.8 Å². The summed E-state index contributed by atoms with van der Waals surface area (Å²) in [6.07, 6.45) is 0. The van der Waals surface area contributed by atoms with Gasteiger partial charge in [0.1, 0.15) is 0 Å². The minimum Gasteiger partial charge on any atom is -0.307 e. The topological polar surface area (TPSA) is 58.2 Å². The van der Waals surface area contributed by atoms with E-state index in [0.29, 0.717) is 22.5 Å². The van der Waals surface area contributed by atoms with Crippen LogP contribution in [0.5, 0.6) is 0 Å². The van der Waals surface area contributed by atoms with Gasteiger partial charge in [0.05, 0.1) is 11.4 Å². The first-order valence-corrected chi connectivity index (χ1v) is 8.97. The molecule has 0 aliphatic heterocycles. The molecule has 0 bridgehead atoms. The lowest BCUT2D eigenvalue weighted by Gasteiger charge is -2.13. The van der Waals surface area contributed by atoms with E-state index < -0.39 is 6.03 Å². The van der Waals surface area contributed by atoms with Crippen molar-refractivity contribution in [1.29, 1.82) is 0 Å². The number of fused-ring (bicyclic) bond motifs is 1. The molecule has 0 radical (unpaired) electrons. The lowest BCUT2D eigenvalue weighted by atomic mass is 10.0. The molecule has 0 unspecified atom stereocenters. The van der Waals surface area contributed by atoms with Gasteiger partial charge in [-0.15, -0.1) is 0 Å². The molecule has 4 aromatic carbocycles. The summed E-state index contributed by atoms with van der Waals surface area (Å²) in [4.78, 5) is 25.4. The standard InChI is InChI=1S/C24H18N2O2/c27-23(18-10-2-1-3-11-18)20-14-6-7-15-22(20)26-24(28)25-21-16-8-12-17-9-4-5-13-19(17)21/h1-16H,(H2,25,26,28). The summed E-state index contributed by atoms with van der Waals surface area (Å²) < 4.78 is 0. The number of rotatable bonds is 4. The van der Waals surface area contributed by atoms with E-state index in [1.54, 1.807) is 36.4 Å². The molecule has 0 spiro atoms. The largest absolute Gasteiger partial charge is 0.323 e. The van der Waals surface area contributed by atoms with Crippen LogP contribution in [0, 0.1) is 0 Å². The molecule has 0 heterocycles. The van der Waals surface area contributed by atoms with Gasteiger partial charge in [-0.25, -0.2) is 4.79 Å². The normalized spacial score (nSPS) is 10.4. The number of urea groups is 1. The number of nitrogens with one attached hydrogen (secondary N) is 2. The quantitative estimate of drug-likeness (QED) is 0.454. The first-order valence-electron chi connectivity index (χ1n) is 8.97. The second-order valence-corrected chi connectivity index (χ2v) is 6.35. The summed E-state index contributed by atoms with van der Waals surface area (Å²) in [6.45, 7) is 0. The van der Waals surface area contributed by atoms with E-state index in [1.807, 2.05) is 60.7 Å². The van der Waals surface area contributed by atoms with Crippen molar-refractivity contribution in [2.24, 2.45) is 0 Å². The Morgan fingerprint density at radius 2 is 1.18 bits per heavy atom. The van der Waals surface area contributed by atoms with Crippen molar-refractivity contribution in [3.05, 3.63) is 108 Å². The van der Waals surface area contributed by atoms with Gasteiger partial charge in [0.2, 0.25) is 0 Å². The van der Waals surface area contributed by atoms with Gasteiger partial charge in [-0.2, -0.15) is 0 Å². The highest BCUT2D eigenvalue weighted by molar-refractivity contribution is 6.15. The zero-order valence-corrected chi connectivity index (χ0v) is 15.1. The van der Waals surface area contributed by atoms with Gasteiger partial charge in [-0.1, -0.05) is 78.9 Å². The van der Waals surface area contributed by atoms with Gasteiger partial charge >= 0.3 is 6.03 Å². The summed E-state index contributed by atoms with van der Waals surface area (Å²) in [6, 6.07) is 29.2. The molecular formula is C24H18N2O2. The van der Waals surface area contributed by atoms with Gasteiger partial charge in [0.25, 0.3) is 0 Å². The maximum Gasteiger partial charge on any atom is 0.323 e. The summed E-state index contributed by atoms with van der Waals surface area (Å²) in [5, 5.41) is 7.68. The average Bonchev–Trinajstić information content (AvgIpc) is 2.74. The predicted octanol–water partition coefficient (Wildman–Crippen LogP) is 5.71. The lowest BCUT2D eigenvalue weighted by molar-refractivity contribution is 0.103. The minimum absolute atomic E-state index is 0.137. The third-order valence-corrected chi connectivity index (χ3v) is 4.49. The average molecular weight is 366 g/mol. The highest BCUT2D eigenvalue weighted by atomic mass is 16.2. The van der Waals surface area contributed by atoms with Crippen molar-refractivity contribution in [1.82, 2.24) is 0 Å². The Labute approximate surface area is 162 Å². The fraction of sp³-hybridized carbons (Fsp3) is 0. The molecule has 0 saturated carbocycles. The van der Waals surface area contributed by atoms with Crippen molar-refractivity contribution in [2.45, 2.75) is 0 Å². The Kier molecular flexibility index (Phi) is 4.85. The summed E-state index contributed by atoms with van der Waals surface area (Å²) in [7, 11) is 0. The smallest absolute Gasteiger partial charge is 0.307 e. The molecule has 4 aromatic rings. The number of para-hydroxylation sites is 1. The van der Waals surface area contributed by atoms with Crippen LogP contribution in [0.1, 0.15) is 15.9 Å². The Morgan fingerprint density at radius 3 is 2.04 bits per heavy atom. The van der Waals surface area contributed by atoms with Gasteiger partial charge < -0.3 is 10.6 Å². The van der Waals surface area contributed by atoms with Crippen LogP contribution in [0.4, 0.5) is 16.2 Å². The predicted molar refractivity (Wildman–Crippen MR) is 113 cm³/mol. The molecule has 0 aliphatic rings. The monoisotopic (exact) mass is 366 g/mol. The highest BCUT2D eigenvalue weighted by Gasteiger charge is 2.15. The molecule has 4 heteroatoms. The van der Waals surface area contributed by atoms with Crippen LogP contribution in [0.3, 0.4) is 0 Å². The van der Waals surface area contributed by atoms with Crippen molar-refractivity contribution in [3.8, 4) is 0 Å². The summed E-state index contributed by atoms with van der Waals surface area (Å²) in [5.41, 5.74) is 2.20. The van der Waals surface area contributed by atoms with Crippen LogP contribution >= 0.6 is 0 Å². The molecule has 4 rings (SSSR count). The maximum atomic E-state index is 12.8. The highest BCUT2D eigenvalue weighted by Crippen LogP contribution is 2.24. The van der Waals surface area contributed by atoms with E-state index in [9.17, 15) is 9.59 Å². The first-order chi connectivity index (χ1) is 13.7. The Balaban J connectivity index is 1.58. The van der Waals surface area contributed by atoms with Gasteiger partial charge in [0, 0.05) is 16.5 Å². The first kappa shape index (κ1) is 17.5. The summed E-state index contributed by atoms with van der Waals surface area (Å²) >= 11 is 0. The molecule has 0 fully saturated rings. The molecule has 136 valence electrons. The fourth-order valence-corrected chi connectivity index (χ4v) is 3.15. The number of ketones is 1. The van der Waals surface area contributed by atoms with Crippen LogP contribution in [0.15, 0.2) is 97.1 Å². The Morgan fingerprint density at radius 1 is 0.571 bits per heavy atom. The molecule has 2 amide bonds. The van der Waals surface area contributed by atoms with Gasteiger partial charge in [0.15, 0.2) is 5.78 Å². The lowest BCUT2D eigenvalue weighted by Crippen LogP contribution is -2.21. The van der Waals surface area contributed by atoms with Crippen molar-refractivity contribution >= 4 is 34.0 Å². The molecular weight excluding hydrogens is 348 g/mol. The number of carbonyl (C=O) groups excluding carboxylic acids is 2. The SMILES string of the molecule is O=C(Nc1ccccc1C(=O)c1ccccc1)Nc1cccc2ccccc12. The number of hydrogen-bond donors (Lipinski definition) is 2. The van der Waals surface area contributed by atoms with E-state index in [4.69, 9.17) is 0 Å². The van der Waals surface area contributed by atoms with E-state index >= 15 is 0 Å². The minimum atomic E-state index is -0.398. The van der Waals surface area contributed by atoms with Gasteiger partial charge in [-0.05, 0) is 23.6 Å². The number of benzene rings is 4. The van der Waals surface area contributed by atoms with Crippen LogP contribution in [-0.2, 0) is 0 Å². The zero-order chi connectivity index (χ0) is 19.3. The third-order valence-electron chi connectivity index (χ3n) is 4.49. The van der Waals surface area contributed by atoms with E-state index in [2.05, 4.69) is 10.6 Å². The van der Waals surface area contributed by atoms with Gasteiger partial charge in [-0.3, -0.25) is 4.79 Å². The number of hydrogen-bond acceptors (Lipinski definition) is 2. The molecule has 0 atom stereocenters. The van der Waals surface area contributed by atoms with Crippen molar-refractivity contribution in [3.63, 3.8) is 0 Å². The van der Waals surface area contributed by atoms with Crippen molar-refractivity contribution < 1.29 is 9.59 Å². The maximum absolute atomic E-state index is 12.8. The Bertz CT molecular complexity index is 1150. The van der Waals surface area contributed by atoms with Crippen molar-refractivity contribution in [2.75, 3.05) is 10.6 Å². The van der Waals surface area contributed by atoms with E-state index in [-0.39, 0.29) is 5.78 Å². The fourth-order valence-electron chi connectivity index (χ4n) is 3.15. The molecule has 0 aliphatic carbocycles. The number of amides is 2. The van der Waals surface area contributed by atoms with Crippen LogP contribution in [0.25, 0.3) is 10.8 Å². The zero-order valence-electron chi connectivity index (χ0n) is 15.1. The molecule has 0 aromatic heterocycles. The van der Waals surface area contributed by atoms with Crippen LogP contribution < -0.4 is 10.6 Å². The molecule has 28 heavy (non-hydrogen) atoms. The Hall–Kier alpha value is -3.92. The second kappa shape index (κ2) is 7.76. The van der Waals surface area contributed by atoms with E-state index in [1.165, 1.54) is 0 Å². The summed E-state index contributed by atoms with van der Waals surface area (Å²) in [5.74, 6) is -0.137. The third kappa shape index (κ3) is 3.62. The number of anilines is 2. The van der Waals surface area contributed by atoms with Crippen LogP contribution in [-0.4, -0.2) is 11.8 Å². The second-order valence-electron chi connectivity index (χ2n) is 6.35. The molecule has 2 N–H and O–H groups in total. The number of carbonyl (C=O) groups is 2. The van der Waals surface area contributed by atoms with Crippen LogP contribution in [0.2, 0.25) is 0 Å². The molecule has 0 saturated heterocycles. The molecule has 4 nitrogen and oxygen atoms in total.